The molecule has 0 bridgehead atoms. The van der Waals surface area contributed by atoms with Crippen LogP contribution in [0.1, 0.15) is 21.9 Å². The first-order valence-corrected chi connectivity index (χ1v) is 5.55. The van der Waals surface area contributed by atoms with Crippen molar-refractivity contribution in [1.82, 2.24) is 20.2 Å². The van der Waals surface area contributed by atoms with Gasteiger partial charge in [-0.3, -0.25) is 10.1 Å². The van der Waals surface area contributed by atoms with Crippen LogP contribution in [0.15, 0.2) is 18.2 Å². The van der Waals surface area contributed by atoms with Crippen LogP contribution >= 0.6 is 11.6 Å². The average Bonchev–Trinajstić information content (AvgIpc) is 2.28. The van der Waals surface area contributed by atoms with E-state index < -0.39 is 5.91 Å². The van der Waals surface area contributed by atoms with Crippen LogP contribution < -0.4 is 5.32 Å². The maximum atomic E-state index is 11.8. The first-order chi connectivity index (χ1) is 8.54. The molecule has 1 N–H and O–H groups in total. The zero-order chi connectivity index (χ0) is 13.1. The van der Waals surface area contributed by atoms with Gasteiger partial charge in [-0.25, -0.2) is 9.97 Å². The van der Waals surface area contributed by atoms with Crippen LogP contribution in [0.5, 0.6) is 0 Å². The van der Waals surface area contributed by atoms with Gasteiger partial charge in [0.15, 0.2) is 10.8 Å². The SMILES string of the molecule is Cc1cc(C)nc(NC(=O)c2ccc(Cl)nn2)n1. The number of carbonyl (C=O) groups excluding carboxylic acids is 1. The highest BCUT2D eigenvalue weighted by Crippen LogP contribution is 2.07. The molecule has 0 fully saturated rings. The van der Waals surface area contributed by atoms with Gasteiger partial charge in [0, 0.05) is 11.4 Å². The second-order valence-electron chi connectivity index (χ2n) is 3.67. The smallest absolute Gasteiger partial charge is 0.278 e. The monoisotopic (exact) mass is 263 g/mol. The molecule has 7 heteroatoms. The molecule has 2 aromatic rings. The van der Waals surface area contributed by atoms with Gasteiger partial charge in [-0.05, 0) is 32.0 Å². The number of aromatic nitrogens is 4. The summed E-state index contributed by atoms with van der Waals surface area (Å²) in [5, 5.41) is 10.0. The lowest BCUT2D eigenvalue weighted by molar-refractivity contribution is 0.102. The van der Waals surface area contributed by atoms with Gasteiger partial charge in [0.05, 0.1) is 0 Å². The maximum absolute atomic E-state index is 11.8. The number of amides is 1. The van der Waals surface area contributed by atoms with Gasteiger partial charge in [-0.2, -0.15) is 0 Å². The predicted octanol–water partition coefficient (Wildman–Crippen LogP) is 1.79. The maximum Gasteiger partial charge on any atom is 0.278 e. The number of anilines is 1. The van der Waals surface area contributed by atoms with Gasteiger partial charge in [0.1, 0.15) is 0 Å². The van der Waals surface area contributed by atoms with Crippen molar-refractivity contribution in [3.05, 3.63) is 40.4 Å². The molecule has 1 amide bonds. The first kappa shape index (κ1) is 12.4. The zero-order valence-electron chi connectivity index (χ0n) is 9.81. The third kappa shape index (κ3) is 2.98. The van der Waals surface area contributed by atoms with Crippen molar-refractivity contribution in [1.29, 1.82) is 0 Å². The van der Waals surface area contributed by atoms with E-state index >= 15 is 0 Å². The summed E-state index contributed by atoms with van der Waals surface area (Å²) in [7, 11) is 0. The number of hydrogen-bond acceptors (Lipinski definition) is 5. The Kier molecular flexibility index (Phi) is 3.47. The van der Waals surface area contributed by atoms with Crippen LogP contribution in [0.3, 0.4) is 0 Å². The molecule has 0 aliphatic heterocycles. The summed E-state index contributed by atoms with van der Waals surface area (Å²) < 4.78 is 0. The van der Waals surface area contributed by atoms with E-state index in [0.29, 0.717) is 0 Å². The quantitative estimate of drug-likeness (QED) is 0.893. The van der Waals surface area contributed by atoms with Crippen LogP contribution in [0.4, 0.5) is 5.95 Å². The van der Waals surface area contributed by atoms with Crippen molar-refractivity contribution in [3.8, 4) is 0 Å². The van der Waals surface area contributed by atoms with E-state index in [0.717, 1.165) is 11.4 Å². The summed E-state index contributed by atoms with van der Waals surface area (Å²) in [6.45, 7) is 3.65. The molecule has 0 aliphatic carbocycles. The predicted molar refractivity (Wildman–Crippen MR) is 66.5 cm³/mol. The van der Waals surface area contributed by atoms with E-state index in [1.54, 1.807) is 0 Å². The highest BCUT2D eigenvalue weighted by Gasteiger charge is 2.10. The third-order valence-electron chi connectivity index (χ3n) is 2.07. The number of rotatable bonds is 2. The van der Waals surface area contributed by atoms with Gasteiger partial charge in [-0.15, -0.1) is 10.2 Å². The van der Waals surface area contributed by atoms with Gasteiger partial charge >= 0.3 is 0 Å². The molecule has 0 saturated heterocycles. The van der Waals surface area contributed by atoms with E-state index in [4.69, 9.17) is 11.6 Å². The number of nitrogens with one attached hydrogen (secondary N) is 1. The van der Waals surface area contributed by atoms with E-state index in [1.807, 2.05) is 19.9 Å². The standard InChI is InChI=1S/C11H10ClN5O/c1-6-5-7(2)14-11(13-6)15-10(18)8-3-4-9(12)17-16-8/h3-5H,1-2H3,(H,13,14,15,18). The third-order valence-corrected chi connectivity index (χ3v) is 2.27. The van der Waals surface area contributed by atoms with Crippen LogP contribution in [-0.4, -0.2) is 26.1 Å². The van der Waals surface area contributed by atoms with Crippen LogP contribution in [0.2, 0.25) is 5.15 Å². The van der Waals surface area contributed by atoms with Crippen molar-refractivity contribution in [2.75, 3.05) is 5.32 Å². The Morgan fingerprint density at radius 1 is 1.17 bits per heavy atom. The van der Waals surface area contributed by atoms with Crippen molar-refractivity contribution in [2.45, 2.75) is 13.8 Å². The van der Waals surface area contributed by atoms with Crippen molar-refractivity contribution >= 4 is 23.5 Å². The second-order valence-corrected chi connectivity index (χ2v) is 4.06. The molecule has 0 aliphatic rings. The molecule has 6 nitrogen and oxygen atoms in total. The first-order valence-electron chi connectivity index (χ1n) is 5.17. The zero-order valence-corrected chi connectivity index (χ0v) is 10.6. The lowest BCUT2D eigenvalue weighted by atomic mass is 10.3. The number of nitrogens with zero attached hydrogens (tertiary/aromatic N) is 4. The Hall–Kier alpha value is -2.08. The Morgan fingerprint density at radius 3 is 2.39 bits per heavy atom. The van der Waals surface area contributed by atoms with E-state index in [2.05, 4.69) is 25.5 Å². The van der Waals surface area contributed by atoms with E-state index in [-0.39, 0.29) is 16.8 Å². The molecule has 18 heavy (non-hydrogen) atoms. The van der Waals surface area contributed by atoms with Gasteiger partial charge in [0.25, 0.3) is 5.91 Å². The lowest BCUT2D eigenvalue weighted by Gasteiger charge is -2.04. The molecular weight excluding hydrogens is 254 g/mol. The Morgan fingerprint density at radius 2 is 1.83 bits per heavy atom. The fraction of sp³-hybridized carbons (Fsp3) is 0.182. The fourth-order valence-electron chi connectivity index (χ4n) is 1.38. The molecular formula is C11H10ClN5O. The minimum absolute atomic E-state index is 0.155. The molecule has 0 atom stereocenters. The molecule has 0 spiro atoms. The highest BCUT2D eigenvalue weighted by molar-refractivity contribution is 6.29. The molecule has 0 radical (unpaired) electrons. The highest BCUT2D eigenvalue weighted by atomic mass is 35.5. The summed E-state index contributed by atoms with van der Waals surface area (Å²) in [5.74, 6) is -0.182. The summed E-state index contributed by atoms with van der Waals surface area (Å²) >= 11 is 5.59. The normalized spacial score (nSPS) is 10.2. The Labute approximate surface area is 108 Å². The summed E-state index contributed by atoms with van der Waals surface area (Å²) in [5.41, 5.74) is 1.71. The second kappa shape index (κ2) is 5.05. The molecule has 2 heterocycles. The largest absolute Gasteiger partial charge is 0.289 e. The van der Waals surface area contributed by atoms with Gasteiger partial charge < -0.3 is 0 Å². The van der Waals surface area contributed by atoms with Crippen molar-refractivity contribution in [2.24, 2.45) is 0 Å². The average molecular weight is 264 g/mol. The van der Waals surface area contributed by atoms with Gasteiger partial charge in [-0.1, -0.05) is 11.6 Å². The Balaban J connectivity index is 2.18. The molecule has 2 rings (SSSR count). The van der Waals surface area contributed by atoms with Crippen molar-refractivity contribution in [3.63, 3.8) is 0 Å². The summed E-state index contributed by atoms with van der Waals surface area (Å²) in [4.78, 5) is 20.0. The van der Waals surface area contributed by atoms with Crippen LogP contribution in [0.25, 0.3) is 0 Å². The molecule has 0 aromatic carbocycles. The number of halogens is 1. The minimum atomic E-state index is -0.427. The van der Waals surface area contributed by atoms with Crippen LogP contribution in [0, 0.1) is 13.8 Å². The van der Waals surface area contributed by atoms with Gasteiger partial charge in [0.2, 0.25) is 5.95 Å². The number of hydrogen-bond donors (Lipinski definition) is 1. The minimum Gasteiger partial charge on any atom is -0.289 e. The Bertz CT molecular complexity index is 564. The summed E-state index contributed by atoms with van der Waals surface area (Å²) in [6.07, 6.45) is 0. The molecule has 2 aromatic heterocycles. The van der Waals surface area contributed by atoms with Crippen molar-refractivity contribution < 1.29 is 4.79 Å². The summed E-state index contributed by atoms with van der Waals surface area (Å²) in [6, 6.07) is 4.79. The van der Waals surface area contributed by atoms with Crippen LogP contribution in [-0.2, 0) is 0 Å². The number of carbonyl (C=O) groups is 1. The van der Waals surface area contributed by atoms with E-state index in [9.17, 15) is 4.79 Å². The topological polar surface area (TPSA) is 80.7 Å². The van der Waals surface area contributed by atoms with E-state index in [1.165, 1.54) is 12.1 Å². The molecule has 0 saturated carbocycles. The molecule has 92 valence electrons. The lowest BCUT2D eigenvalue weighted by Crippen LogP contribution is -2.16. The fourth-order valence-corrected chi connectivity index (χ4v) is 1.49. The molecule has 0 unspecified atom stereocenters. The number of aryl methyl sites for hydroxylation is 2.